The van der Waals surface area contributed by atoms with Gasteiger partial charge in [0, 0.05) is 17.7 Å². The number of non-ortho nitro benzene ring substituents is 1. The Kier molecular flexibility index (Phi) is 7.71. The molecule has 1 aromatic carbocycles. The van der Waals surface area contributed by atoms with Crippen LogP contribution in [0.1, 0.15) is 35.6 Å². The summed E-state index contributed by atoms with van der Waals surface area (Å²) in [4.78, 5) is 29.5. The summed E-state index contributed by atoms with van der Waals surface area (Å²) in [7, 11) is -4.21. The zero-order chi connectivity index (χ0) is 23.0. The lowest BCUT2D eigenvalue weighted by Crippen LogP contribution is -2.20. The predicted octanol–water partition coefficient (Wildman–Crippen LogP) is 2.94. The average Bonchev–Trinajstić information content (AvgIpc) is 3.16. The van der Waals surface area contributed by atoms with Crippen LogP contribution in [-0.2, 0) is 13.6 Å². The van der Waals surface area contributed by atoms with Crippen LogP contribution in [0.15, 0.2) is 29.4 Å². The summed E-state index contributed by atoms with van der Waals surface area (Å²) >= 11 is 0. The van der Waals surface area contributed by atoms with Crippen LogP contribution in [-0.4, -0.2) is 39.3 Å². The quantitative estimate of drug-likeness (QED) is 0.180. The van der Waals surface area contributed by atoms with E-state index in [2.05, 4.69) is 20.5 Å². The van der Waals surface area contributed by atoms with E-state index in [1.165, 1.54) is 26.0 Å². The molecule has 31 heavy (non-hydrogen) atoms. The Morgan fingerprint density at radius 1 is 1.26 bits per heavy atom. The molecular weight excluding hydrogens is 429 g/mol. The number of hydrogen-bond acceptors (Lipinski definition) is 11. The topological polar surface area (TPSA) is 196 Å². The molecule has 13 nitrogen and oxygen atoms in total. The minimum absolute atomic E-state index is 0.0550. The fourth-order valence-electron chi connectivity index (χ4n) is 2.29. The van der Waals surface area contributed by atoms with E-state index < -0.39 is 23.8 Å². The van der Waals surface area contributed by atoms with E-state index in [1.54, 1.807) is 12.1 Å². The van der Waals surface area contributed by atoms with Gasteiger partial charge in [-0.3, -0.25) is 19.5 Å². The zero-order valence-corrected chi connectivity index (χ0v) is 17.3. The zero-order valence-electron chi connectivity index (χ0n) is 16.4. The molecule has 0 fully saturated rings. The molecule has 0 radical (unpaired) electrons. The van der Waals surface area contributed by atoms with Crippen molar-refractivity contribution in [3.05, 3.63) is 51.3 Å². The number of aromatic nitrogens is 2. The minimum Gasteiger partial charge on any atom is -0.313 e. The number of imidazole rings is 1. The molecule has 0 unspecified atom stereocenters. The molecule has 160 valence electrons. The summed E-state index contributed by atoms with van der Waals surface area (Å²) in [5, 5.41) is 32.6. The number of Topliss-reactive ketones (excluding diaryl/α,β-unsaturated/α-hetero) is 1. The maximum atomic E-state index is 13.2. The summed E-state index contributed by atoms with van der Waals surface area (Å²) in [6.45, 7) is 2.94. The van der Waals surface area contributed by atoms with Gasteiger partial charge in [-0.05, 0) is 26.0 Å². The van der Waals surface area contributed by atoms with E-state index in [0.29, 0.717) is 0 Å². The molecule has 0 amide bonds. The number of hydrazone groups is 1. The Labute approximate surface area is 176 Å². The second-order valence-electron chi connectivity index (χ2n) is 5.55. The van der Waals surface area contributed by atoms with Crippen LogP contribution < -0.4 is 5.43 Å². The number of hydrogen-bond donors (Lipinski definition) is 2. The number of nitro benzene ring substituents is 1. The lowest BCUT2D eigenvalue weighted by molar-refractivity contribution is -0.384. The van der Waals surface area contributed by atoms with Crippen molar-refractivity contribution in [1.29, 1.82) is 10.5 Å². The Bertz CT molecular complexity index is 1100. The lowest BCUT2D eigenvalue weighted by atomic mass is 10.1. The lowest BCUT2D eigenvalue weighted by Gasteiger charge is -2.18. The molecule has 0 spiro atoms. The molecule has 0 aliphatic carbocycles. The van der Waals surface area contributed by atoms with Crippen LogP contribution in [0.2, 0.25) is 0 Å². The van der Waals surface area contributed by atoms with Crippen molar-refractivity contribution in [3.63, 3.8) is 0 Å². The van der Waals surface area contributed by atoms with Crippen LogP contribution in [0.5, 0.6) is 0 Å². The van der Waals surface area contributed by atoms with Gasteiger partial charge in [0.05, 0.1) is 18.1 Å². The monoisotopic (exact) mass is 445 g/mol. The number of ketones is 1. The third kappa shape index (κ3) is 5.38. The van der Waals surface area contributed by atoms with Gasteiger partial charge in [0.1, 0.15) is 12.1 Å². The molecule has 2 N–H and O–H groups in total. The Balaban J connectivity index is 2.50. The van der Waals surface area contributed by atoms with Gasteiger partial charge in [0.25, 0.3) is 5.69 Å². The fourth-order valence-corrected chi connectivity index (χ4v) is 3.84. The first-order valence-electron chi connectivity index (χ1n) is 8.72. The van der Waals surface area contributed by atoms with E-state index in [1.807, 2.05) is 0 Å². The number of rotatable bonds is 10. The average molecular weight is 445 g/mol. The second-order valence-corrected chi connectivity index (χ2v) is 7.48. The Morgan fingerprint density at radius 2 is 1.87 bits per heavy atom. The molecular formula is C17H16N7O6P. The number of anilines is 1. The smallest absolute Gasteiger partial charge is 0.313 e. The van der Waals surface area contributed by atoms with Gasteiger partial charge in [0.2, 0.25) is 17.2 Å². The van der Waals surface area contributed by atoms with Crippen LogP contribution in [0.25, 0.3) is 0 Å². The van der Waals surface area contributed by atoms with Crippen molar-refractivity contribution in [2.75, 3.05) is 18.6 Å². The van der Waals surface area contributed by atoms with E-state index in [-0.39, 0.29) is 41.8 Å². The van der Waals surface area contributed by atoms with Crippen LogP contribution >= 0.6 is 7.60 Å². The van der Waals surface area contributed by atoms with Crippen LogP contribution in [0, 0.1) is 32.8 Å². The number of nitrogens with one attached hydrogen (secondary N) is 2. The van der Waals surface area contributed by atoms with Crippen molar-refractivity contribution in [2.45, 2.75) is 13.8 Å². The van der Waals surface area contributed by atoms with Gasteiger partial charge in [-0.15, -0.1) is 0 Å². The highest BCUT2D eigenvalue weighted by Crippen LogP contribution is 2.50. The maximum Gasteiger partial charge on any atom is 0.385 e. The molecule has 1 aromatic heterocycles. The first-order chi connectivity index (χ1) is 14.8. The van der Waals surface area contributed by atoms with Gasteiger partial charge in [-0.25, -0.2) is 5.43 Å². The number of nitro groups is 1. The molecule has 0 bridgehead atoms. The summed E-state index contributed by atoms with van der Waals surface area (Å²) in [6.07, 6.45) is 0. The van der Waals surface area contributed by atoms with Gasteiger partial charge in [-0.2, -0.15) is 20.6 Å². The van der Waals surface area contributed by atoms with E-state index in [4.69, 9.17) is 19.6 Å². The van der Waals surface area contributed by atoms with Gasteiger partial charge < -0.3 is 14.0 Å². The predicted molar refractivity (Wildman–Crippen MR) is 107 cm³/mol. The molecule has 0 saturated carbocycles. The van der Waals surface area contributed by atoms with Crippen LogP contribution in [0.3, 0.4) is 0 Å². The molecule has 0 aliphatic rings. The maximum absolute atomic E-state index is 13.2. The summed E-state index contributed by atoms with van der Waals surface area (Å²) < 4.78 is 23.6. The Hall–Kier alpha value is -3.90. The van der Waals surface area contributed by atoms with E-state index in [0.717, 1.165) is 12.1 Å². The van der Waals surface area contributed by atoms with Crippen molar-refractivity contribution in [2.24, 2.45) is 5.10 Å². The number of carbonyl (C=O) groups excluding carboxylic acids is 1. The van der Waals surface area contributed by atoms with Crippen molar-refractivity contribution in [1.82, 2.24) is 9.97 Å². The largest absolute Gasteiger partial charge is 0.385 e. The highest BCUT2D eigenvalue weighted by Gasteiger charge is 2.38. The first kappa shape index (κ1) is 23.4. The minimum atomic E-state index is -4.21. The summed E-state index contributed by atoms with van der Waals surface area (Å²) in [6, 6.07) is 8.00. The molecule has 1 heterocycles. The molecule has 14 heteroatoms. The number of carbonyl (C=O) groups is 1. The van der Waals surface area contributed by atoms with E-state index in [9.17, 15) is 19.5 Å². The SMILES string of the molecule is CCOP(=O)(OCC)/C(=N\Nc1nc(C#N)c(C#N)[nH]1)C(=O)c1ccc([N+](=O)[O-])cc1. The number of H-pyrrole nitrogens is 1. The standard InChI is InChI=1S/C17H16N7O6P/c1-3-29-31(28,30-4-2)16(15(25)11-5-7-12(8-6-11)24(26)27)22-23-17-20-13(9-18)14(10-19)21-17/h5-8H,3-4H2,1-2H3,(H2,20,21,23)/b22-16-. The van der Waals surface area contributed by atoms with Crippen LogP contribution in [0.4, 0.5) is 11.6 Å². The normalized spacial score (nSPS) is 11.4. The molecule has 2 aromatic rings. The van der Waals surface area contributed by atoms with Gasteiger partial charge in [-0.1, -0.05) is 0 Å². The fraction of sp³-hybridized carbons (Fsp3) is 0.235. The third-order valence-corrected chi connectivity index (χ3v) is 5.61. The number of nitriles is 2. The first-order valence-corrected chi connectivity index (χ1v) is 10.3. The van der Waals surface area contributed by atoms with Gasteiger partial charge >= 0.3 is 7.60 Å². The van der Waals surface area contributed by atoms with E-state index >= 15 is 0 Å². The number of nitrogens with zero attached hydrogens (tertiary/aromatic N) is 5. The second kappa shape index (κ2) is 10.2. The highest BCUT2D eigenvalue weighted by atomic mass is 31.2. The molecule has 0 saturated heterocycles. The summed E-state index contributed by atoms with van der Waals surface area (Å²) in [5.74, 6) is -1.04. The number of benzene rings is 1. The van der Waals surface area contributed by atoms with Gasteiger partial charge in [0.15, 0.2) is 11.4 Å². The molecule has 2 rings (SSSR count). The van der Waals surface area contributed by atoms with Crippen molar-refractivity contribution < 1.29 is 23.3 Å². The molecule has 0 atom stereocenters. The number of aromatic amines is 1. The Morgan fingerprint density at radius 3 is 2.32 bits per heavy atom. The summed E-state index contributed by atoms with van der Waals surface area (Å²) in [5.41, 5.74) is 1.05. The van der Waals surface area contributed by atoms with Crippen molar-refractivity contribution >= 4 is 30.5 Å². The molecule has 0 aliphatic heterocycles. The third-order valence-electron chi connectivity index (χ3n) is 3.59. The van der Waals surface area contributed by atoms with Crippen molar-refractivity contribution in [3.8, 4) is 12.1 Å². The highest BCUT2D eigenvalue weighted by molar-refractivity contribution is 7.75.